The number of imidazole rings is 1. The zero-order valence-electron chi connectivity index (χ0n) is 11.8. The van der Waals surface area contributed by atoms with Crippen LogP contribution in [0.1, 0.15) is 10.4 Å². The van der Waals surface area contributed by atoms with Crippen molar-refractivity contribution in [2.24, 2.45) is 0 Å². The number of carboxylic acid groups (broad SMARTS) is 1. The van der Waals surface area contributed by atoms with Crippen molar-refractivity contribution < 1.29 is 9.90 Å². The van der Waals surface area contributed by atoms with Crippen molar-refractivity contribution >= 4 is 38.4 Å². The van der Waals surface area contributed by atoms with Gasteiger partial charge in [0.1, 0.15) is 5.65 Å². The minimum Gasteiger partial charge on any atom is -0.478 e. The van der Waals surface area contributed by atoms with Crippen LogP contribution >= 0.6 is 15.9 Å². The molecule has 0 atom stereocenters. The number of hydrogen-bond donors (Lipinski definition) is 1. The fraction of sp³-hybridized carbons (Fsp3) is 0. The number of pyridine rings is 2. The van der Waals surface area contributed by atoms with Crippen molar-refractivity contribution in [1.82, 2.24) is 14.4 Å². The van der Waals surface area contributed by atoms with Crippen LogP contribution in [0.2, 0.25) is 0 Å². The molecule has 0 aliphatic rings. The summed E-state index contributed by atoms with van der Waals surface area (Å²) in [5.41, 5.74) is 3.26. The Labute approximate surface area is 139 Å². The van der Waals surface area contributed by atoms with Crippen LogP contribution in [0.5, 0.6) is 0 Å². The van der Waals surface area contributed by atoms with Gasteiger partial charge in [-0.2, -0.15) is 0 Å². The number of carboxylic acids is 1. The molecule has 0 amide bonds. The van der Waals surface area contributed by atoms with Crippen LogP contribution in [0.4, 0.5) is 0 Å². The highest BCUT2D eigenvalue weighted by Crippen LogP contribution is 2.26. The fourth-order valence-corrected chi connectivity index (χ4v) is 3.03. The van der Waals surface area contributed by atoms with E-state index in [1.165, 1.54) is 0 Å². The molecule has 0 aliphatic heterocycles. The number of aromatic carboxylic acids is 1. The summed E-state index contributed by atoms with van der Waals surface area (Å²) in [6.07, 6.45) is 3.40. The fourth-order valence-electron chi connectivity index (χ4n) is 2.56. The Hall–Kier alpha value is -2.73. The SMILES string of the molecule is O=C(O)c1ccn2c(-c3ccc4cccc(Br)c4n3)cnc2c1. The Kier molecular flexibility index (Phi) is 3.12. The number of halogens is 1. The number of rotatable bonds is 2. The highest BCUT2D eigenvalue weighted by Gasteiger charge is 2.11. The predicted molar refractivity (Wildman–Crippen MR) is 90.6 cm³/mol. The van der Waals surface area contributed by atoms with Gasteiger partial charge in [-0.3, -0.25) is 4.40 Å². The largest absolute Gasteiger partial charge is 0.478 e. The van der Waals surface area contributed by atoms with Gasteiger partial charge in [0.15, 0.2) is 0 Å². The minimum atomic E-state index is -0.968. The molecule has 3 heterocycles. The number of fused-ring (bicyclic) bond motifs is 2. The third-order valence-electron chi connectivity index (χ3n) is 3.69. The molecule has 4 rings (SSSR count). The van der Waals surface area contributed by atoms with Crippen molar-refractivity contribution in [2.45, 2.75) is 0 Å². The zero-order chi connectivity index (χ0) is 16.0. The summed E-state index contributed by atoms with van der Waals surface area (Å²) in [5.74, 6) is -0.968. The maximum absolute atomic E-state index is 11.1. The topological polar surface area (TPSA) is 67.5 Å². The summed E-state index contributed by atoms with van der Waals surface area (Å²) < 4.78 is 2.76. The molecule has 0 radical (unpaired) electrons. The van der Waals surface area contributed by atoms with Gasteiger partial charge in [0, 0.05) is 16.1 Å². The molecule has 6 heteroatoms. The molecule has 0 bridgehead atoms. The van der Waals surface area contributed by atoms with Crippen molar-refractivity contribution in [3.05, 3.63) is 64.9 Å². The van der Waals surface area contributed by atoms with Gasteiger partial charge in [-0.15, -0.1) is 0 Å². The van der Waals surface area contributed by atoms with E-state index >= 15 is 0 Å². The Balaban J connectivity index is 1.92. The molecule has 0 fully saturated rings. The lowest BCUT2D eigenvalue weighted by Crippen LogP contribution is -1.98. The van der Waals surface area contributed by atoms with Crippen LogP contribution < -0.4 is 0 Å². The van der Waals surface area contributed by atoms with E-state index < -0.39 is 5.97 Å². The minimum absolute atomic E-state index is 0.212. The molecule has 3 aromatic heterocycles. The van der Waals surface area contributed by atoms with Crippen molar-refractivity contribution in [3.63, 3.8) is 0 Å². The number of aromatic nitrogens is 3. The van der Waals surface area contributed by atoms with Crippen molar-refractivity contribution in [1.29, 1.82) is 0 Å². The second kappa shape index (κ2) is 5.17. The Bertz CT molecular complexity index is 1070. The van der Waals surface area contributed by atoms with Gasteiger partial charge >= 0.3 is 5.97 Å². The molecule has 0 spiro atoms. The van der Waals surface area contributed by atoms with Crippen LogP contribution in [-0.2, 0) is 0 Å². The number of carbonyl (C=O) groups is 1. The molecule has 4 aromatic rings. The van der Waals surface area contributed by atoms with E-state index in [1.807, 2.05) is 34.7 Å². The van der Waals surface area contributed by atoms with Gasteiger partial charge in [-0.05, 0) is 40.2 Å². The zero-order valence-corrected chi connectivity index (χ0v) is 13.4. The van der Waals surface area contributed by atoms with Crippen LogP contribution in [0.3, 0.4) is 0 Å². The molecule has 112 valence electrons. The van der Waals surface area contributed by atoms with Crippen molar-refractivity contribution in [3.8, 4) is 11.4 Å². The average Bonchev–Trinajstić information content (AvgIpc) is 2.98. The summed E-state index contributed by atoms with van der Waals surface area (Å²) in [4.78, 5) is 20.0. The van der Waals surface area contributed by atoms with Gasteiger partial charge in [-0.1, -0.05) is 18.2 Å². The Morgan fingerprint density at radius 1 is 1.17 bits per heavy atom. The number of para-hydroxylation sites is 1. The van der Waals surface area contributed by atoms with E-state index in [0.717, 1.165) is 26.8 Å². The van der Waals surface area contributed by atoms with E-state index in [2.05, 4.69) is 20.9 Å². The van der Waals surface area contributed by atoms with Gasteiger partial charge in [0.2, 0.25) is 0 Å². The van der Waals surface area contributed by atoms with Gasteiger partial charge in [-0.25, -0.2) is 14.8 Å². The second-order valence-electron chi connectivity index (χ2n) is 5.10. The predicted octanol–water partition coefficient (Wildman–Crippen LogP) is 4.01. The lowest BCUT2D eigenvalue weighted by Gasteiger charge is -2.05. The van der Waals surface area contributed by atoms with E-state index in [4.69, 9.17) is 10.1 Å². The van der Waals surface area contributed by atoms with Crippen LogP contribution in [0.25, 0.3) is 27.9 Å². The molecule has 0 unspecified atom stereocenters. The first-order chi connectivity index (χ1) is 11.1. The summed E-state index contributed by atoms with van der Waals surface area (Å²) in [7, 11) is 0. The normalized spacial score (nSPS) is 11.2. The molecule has 23 heavy (non-hydrogen) atoms. The van der Waals surface area contributed by atoms with Gasteiger partial charge < -0.3 is 5.11 Å². The van der Waals surface area contributed by atoms with Crippen molar-refractivity contribution in [2.75, 3.05) is 0 Å². The lowest BCUT2D eigenvalue weighted by atomic mass is 10.2. The quantitative estimate of drug-likeness (QED) is 0.581. The molecule has 1 N–H and O–H groups in total. The van der Waals surface area contributed by atoms with Crippen LogP contribution in [0.15, 0.2) is 59.3 Å². The molecular formula is C17H10BrN3O2. The molecule has 0 saturated carbocycles. The maximum Gasteiger partial charge on any atom is 0.335 e. The van der Waals surface area contributed by atoms with Gasteiger partial charge in [0.25, 0.3) is 0 Å². The number of hydrogen-bond acceptors (Lipinski definition) is 3. The summed E-state index contributed by atoms with van der Waals surface area (Å²) in [6, 6.07) is 13.0. The van der Waals surface area contributed by atoms with Crippen LogP contribution in [0, 0.1) is 0 Å². The summed E-state index contributed by atoms with van der Waals surface area (Å²) >= 11 is 3.52. The van der Waals surface area contributed by atoms with E-state index in [-0.39, 0.29) is 5.56 Å². The molecular weight excluding hydrogens is 358 g/mol. The summed E-state index contributed by atoms with van der Waals surface area (Å²) in [5, 5.41) is 10.1. The maximum atomic E-state index is 11.1. The Morgan fingerprint density at radius 2 is 2.04 bits per heavy atom. The number of nitrogens with zero attached hydrogens (tertiary/aromatic N) is 3. The average molecular weight is 368 g/mol. The first kappa shape index (κ1) is 13.9. The van der Waals surface area contributed by atoms with E-state index in [9.17, 15) is 4.79 Å². The highest BCUT2D eigenvalue weighted by atomic mass is 79.9. The first-order valence-corrected chi connectivity index (χ1v) is 7.69. The molecule has 0 saturated heterocycles. The van der Waals surface area contributed by atoms with E-state index in [1.54, 1.807) is 24.5 Å². The molecule has 0 aliphatic carbocycles. The third kappa shape index (κ3) is 2.27. The van der Waals surface area contributed by atoms with Crippen LogP contribution in [-0.4, -0.2) is 25.4 Å². The molecule has 5 nitrogen and oxygen atoms in total. The van der Waals surface area contributed by atoms with E-state index in [0.29, 0.717) is 5.65 Å². The smallest absolute Gasteiger partial charge is 0.335 e. The monoisotopic (exact) mass is 367 g/mol. The lowest BCUT2D eigenvalue weighted by molar-refractivity contribution is 0.0697. The standard InChI is InChI=1S/C17H10BrN3O2/c18-12-3-1-2-10-4-5-13(20-16(10)12)14-9-19-15-8-11(17(22)23)6-7-21(14)15/h1-9H,(H,22,23). The summed E-state index contributed by atoms with van der Waals surface area (Å²) in [6.45, 7) is 0. The second-order valence-corrected chi connectivity index (χ2v) is 5.95. The first-order valence-electron chi connectivity index (χ1n) is 6.89. The Morgan fingerprint density at radius 3 is 2.87 bits per heavy atom. The molecule has 1 aromatic carbocycles. The number of benzene rings is 1. The highest BCUT2D eigenvalue weighted by molar-refractivity contribution is 9.10. The third-order valence-corrected chi connectivity index (χ3v) is 4.33. The van der Waals surface area contributed by atoms with Gasteiger partial charge in [0.05, 0.1) is 28.7 Å².